The van der Waals surface area contributed by atoms with E-state index in [0.29, 0.717) is 19.6 Å². The molecule has 2 unspecified atom stereocenters. The number of hydrogen-bond donors (Lipinski definition) is 0. The van der Waals surface area contributed by atoms with Crippen LogP contribution in [0.3, 0.4) is 0 Å². The van der Waals surface area contributed by atoms with E-state index in [1.54, 1.807) is 16.9 Å². The van der Waals surface area contributed by atoms with E-state index in [4.69, 9.17) is 9.72 Å². The summed E-state index contributed by atoms with van der Waals surface area (Å²) < 4.78 is 8.28. The van der Waals surface area contributed by atoms with Crippen molar-refractivity contribution >= 4 is 50.2 Å². The number of carbonyl (C=O) groups excluding carboxylic acids is 2. The number of rotatable bonds is 8. The first-order valence-electron chi connectivity index (χ1n) is 12.3. The van der Waals surface area contributed by atoms with Gasteiger partial charge in [-0.25, -0.2) is 4.98 Å². The Labute approximate surface area is 224 Å². The van der Waals surface area contributed by atoms with Gasteiger partial charge in [-0.05, 0) is 49.4 Å². The number of aromatic nitrogens is 2. The number of fused-ring (bicyclic) bond motifs is 1. The molecule has 0 spiro atoms. The molecule has 1 saturated heterocycles. The maximum absolute atomic E-state index is 13.9. The van der Waals surface area contributed by atoms with Gasteiger partial charge in [-0.3, -0.25) is 9.59 Å². The maximum atomic E-state index is 13.9. The van der Waals surface area contributed by atoms with Gasteiger partial charge in [-0.15, -0.1) is 0 Å². The Morgan fingerprint density at radius 3 is 2.62 bits per heavy atom. The average Bonchev–Trinajstić information content (AvgIpc) is 3.45. The Balaban J connectivity index is 1.49. The molecule has 0 saturated carbocycles. The molecular formula is C29H29BrN4O3. The minimum absolute atomic E-state index is 0.0488. The zero-order chi connectivity index (χ0) is 25.9. The van der Waals surface area contributed by atoms with Gasteiger partial charge in [0.1, 0.15) is 12.4 Å². The van der Waals surface area contributed by atoms with Crippen molar-refractivity contribution in [3.05, 3.63) is 89.2 Å². The molecule has 0 bridgehead atoms. The molecule has 7 nitrogen and oxygen atoms in total. The molecule has 0 aliphatic carbocycles. The average molecular weight is 561 g/mol. The van der Waals surface area contributed by atoms with Crippen LogP contribution in [0.15, 0.2) is 83.3 Å². The van der Waals surface area contributed by atoms with Crippen LogP contribution in [-0.2, 0) is 20.9 Å². The van der Waals surface area contributed by atoms with E-state index in [0.717, 1.165) is 32.7 Å². The van der Waals surface area contributed by atoms with Crippen molar-refractivity contribution in [3.8, 4) is 0 Å². The molecule has 3 aromatic carbocycles. The molecule has 1 aromatic heterocycles. The van der Waals surface area contributed by atoms with Crippen molar-refractivity contribution in [1.29, 1.82) is 0 Å². The molecule has 4 aromatic rings. The van der Waals surface area contributed by atoms with Crippen LogP contribution in [0.2, 0.25) is 0 Å². The zero-order valence-electron chi connectivity index (χ0n) is 20.9. The standard InChI is InChI=1S/C29H29BrN4O3/c1-20(19-37-2)34(23-10-4-3-5-11-23)28(36)18-33-26-14-7-6-13-25(26)31-29(33)21-15-27(35)32(17-21)24-12-8-9-22(30)16-24/h3-14,16,20-21H,15,17-19H2,1-2H3. The largest absolute Gasteiger partial charge is 0.383 e. The second kappa shape index (κ2) is 10.9. The second-order valence-electron chi connectivity index (χ2n) is 9.33. The molecule has 1 fully saturated rings. The number of nitrogens with zero attached hydrogens (tertiary/aromatic N) is 4. The van der Waals surface area contributed by atoms with Gasteiger partial charge in [0.15, 0.2) is 0 Å². The smallest absolute Gasteiger partial charge is 0.247 e. The van der Waals surface area contributed by atoms with Gasteiger partial charge in [-0.1, -0.05) is 52.3 Å². The number of para-hydroxylation sites is 3. The molecule has 2 amide bonds. The number of methoxy groups -OCH3 is 1. The molecule has 1 aliphatic rings. The van der Waals surface area contributed by atoms with Gasteiger partial charge in [0.05, 0.1) is 23.7 Å². The number of hydrogen-bond acceptors (Lipinski definition) is 4. The minimum atomic E-state index is -0.154. The molecule has 0 N–H and O–H groups in total. The van der Waals surface area contributed by atoms with Gasteiger partial charge in [0.25, 0.3) is 0 Å². The van der Waals surface area contributed by atoms with Crippen LogP contribution in [0.1, 0.15) is 25.1 Å². The third-order valence-corrected chi connectivity index (χ3v) is 7.23. The van der Waals surface area contributed by atoms with Crippen molar-refractivity contribution < 1.29 is 14.3 Å². The first-order valence-corrected chi connectivity index (χ1v) is 13.1. The molecular weight excluding hydrogens is 532 g/mol. The summed E-state index contributed by atoms with van der Waals surface area (Å²) in [4.78, 5) is 35.4. The minimum Gasteiger partial charge on any atom is -0.383 e. The van der Waals surface area contributed by atoms with Crippen LogP contribution in [0.25, 0.3) is 11.0 Å². The normalized spacial score (nSPS) is 16.4. The molecule has 190 valence electrons. The Morgan fingerprint density at radius 2 is 1.86 bits per heavy atom. The summed E-state index contributed by atoms with van der Waals surface area (Å²) in [5, 5.41) is 0. The third-order valence-electron chi connectivity index (χ3n) is 6.74. The fourth-order valence-electron chi connectivity index (χ4n) is 5.11. The quantitative estimate of drug-likeness (QED) is 0.290. The Morgan fingerprint density at radius 1 is 1.11 bits per heavy atom. The predicted octanol–water partition coefficient (Wildman–Crippen LogP) is 5.39. The number of halogens is 1. The summed E-state index contributed by atoms with van der Waals surface area (Å²) in [7, 11) is 1.64. The van der Waals surface area contributed by atoms with Crippen molar-refractivity contribution in [2.45, 2.75) is 31.8 Å². The monoisotopic (exact) mass is 560 g/mol. The van der Waals surface area contributed by atoms with Gasteiger partial charge in [0, 0.05) is 41.8 Å². The van der Waals surface area contributed by atoms with Crippen molar-refractivity contribution in [1.82, 2.24) is 9.55 Å². The number of benzene rings is 3. The Hall–Kier alpha value is -3.49. The number of imidazole rings is 1. The molecule has 5 rings (SSSR count). The first kappa shape index (κ1) is 25.2. The zero-order valence-corrected chi connectivity index (χ0v) is 22.5. The summed E-state index contributed by atoms with van der Waals surface area (Å²) in [5.74, 6) is 0.613. The van der Waals surface area contributed by atoms with Crippen molar-refractivity contribution in [2.24, 2.45) is 0 Å². The first-order chi connectivity index (χ1) is 18.0. The van der Waals surface area contributed by atoms with Crippen LogP contribution >= 0.6 is 15.9 Å². The van der Waals surface area contributed by atoms with E-state index in [9.17, 15) is 9.59 Å². The van der Waals surface area contributed by atoms with E-state index >= 15 is 0 Å². The third kappa shape index (κ3) is 5.17. The highest BCUT2D eigenvalue weighted by molar-refractivity contribution is 9.10. The Kier molecular flexibility index (Phi) is 7.39. The molecule has 2 heterocycles. The van der Waals surface area contributed by atoms with Crippen LogP contribution in [0.5, 0.6) is 0 Å². The van der Waals surface area contributed by atoms with Gasteiger partial charge >= 0.3 is 0 Å². The molecule has 0 radical (unpaired) electrons. The van der Waals surface area contributed by atoms with Crippen LogP contribution in [0, 0.1) is 0 Å². The van der Waals surface area contributed by atoms with Crippen LogP contribution in [-0.4, -0.2) is 47.7 Å². The van der Waals surface area contributed by atoms with E-state index < -0.39 is 0 Å². The second-order valence-corrected chi connectivity index (χ2v) is 10.2. The Bertz CT molecular complexity index is 1420. The van der Waals surface area contributed by atoms with Crippen molar-refractivity contribution in [3.63, 3.8) is 0 Å². The van der Waals surface area contributed by atoms with E-state index in [1.165, 1.54) is 0 Å². The predicted molar refractivity (Wildman–Crippen MR) is 149 cm³/mol. The number of carbonyl (C=O) groups is 2. The molecule has 2 atom stereocenters. The summed E-state index contributed by atoms with van der Waals surface area (Å²) >= 11 is 3.50. The lowest BCUT2D eigenvalue weighted by Crippen LogP contribution is -2.43. The number of anilines is 2. The highest BCUT2D eigenvalue weighted by Gasteiger charge is 2.35. The molecule has 1 aliphatic heterocycles. The molecule has 37 heavy (non-hydrogen) atoms. The van der Waals surface area contributed by atoms with Crippen molar-refractivity contribution in [2.75, 3.05) is 30.1 Å². The summed E-state index contributed by atoms with van der Waals surface area (Å²) in [6.07, 6.45) is 0.340. The lowest BCUT2D eigenvalue weighted by molar-refractivity contribution is -0.119. The topological polar surface area (TPSA) is 67.7 Å². The lowest BCUT2D eigenvalue weighted by atomic mass is 10.1. The summed E-state index contributed by atoms with van der Waals surface area (Å²) in [6, 6.07) is 25.1. The van der Waals surface area contributed by atoms with Crippen LogP contribution < -0.4 is 9.80 Å². The number of amides is 2. The summed E-state index contributed by atoms with van der Waals surface area (Å²) in [6.45, 7) is 3.01. The fraction of sp³-hybridized carbons (Fsp3) is 0.276. The van der Waals surface area contributed by atoms with E-state index in [1.807, 2.05) is 90.4 Å². The maximum Gasteiger partial charge on any atom is 0.247 e. The van der Waals surface area contributed by atoms with E-state index in [-0.39, 0.29) is 30.3 Å². The lowest BCUT2D eigenvalue weighted by Gasteiger charge is -2.29. The highest BCUT2D eigenvalue weighted by Crippen LogP contribution is 2.34. The fourth-order valence-corrected chi connectivity index (χ4v) is 5.49. The SMILES string of the molecule is COCC(C)N(C(=O)Cn1c(C2CC(=O)N(c3cccc(Br)c3)C2)nc2ccccc21)c1ccccc1. The van der Waals surface area contributed by atoms with Gasteiger partial charge in [0.2, 0.25) is 11.8 Å². The highest BCUT2D eigenvalue weighted by atomic mass is 79.9. The molecule has 8 heteroatoms. The van der Waals surface area contributed by atoms with Gasteiger partial charge < -0.3 is 19.1 Å². The summed E-state index contributed by atoms with van der Waals surface area (Å²) in [5.41, 5.74) is 3.37. The van der Waals surface area contributed by atoms with E-state index in [2.05, 4.69) is 15.9 Å². The number of ether oxygens (including phenoxy) is 1. The van der Waals surface area contributed by atoms with Crippen LogP contribution in [0.4, 0.5) is 11.4 Å². The van der Waals surface area contributed by atoms with Gasteiger partial charge in [-0.2, -0.15) is 0 Å².